The van der Waals surface area contributed by atoms with Crippen molar-refractivity contribution in [2.75, 3.05) is 19.4 Å². The average molecular weight is 262 g/mol. The van der Waals surface area contributed by atoms with Gasteiger partial charge < -0.3 is 10.2 Å². The minimum absolute atomic E-state index is 0.0190. The third-order valence-electron chi connectivity index (χ3n) is 2.43. The highest BCUT2D eigenvalue weighted by atomic mass is 32.1. The van der Waals surface area contributed by atoms with Crippen LogP contribution in [-0.2, 0) is 6.54 Å². The first-order valence-corrected chi connectivity index (χ1v) is 6.32. The zero-order chi connectivity index (χ0) is 13.0. The van der Waals surface area contributed by atoms with E-state index in [0.29, 0.717) is 12.1 Å². The summed E-state index contributed by atoms with van der Waals surface area (Å²) in [6.45, 7) is 0.564. The van der Waals surface area contributed by atoms with Gasteiger partial charge in [-0.25, -0.2) is 0 Å². The number of nitrogens with zero attached hydrogens (tertiary/aromatic N) is 3. The fraction of sp³-hybridized carbons (Fsp3) is 0.250. The second kappa shape index (κ2) is 5.59. The van der Waals surface area contributed by atoms with Crippen LogP contribution >= 0.6 is 11.5 Å². The summed E-state index contributed by atoms with van der Waals surface area (Å²) in [5.41, 5.74) is 2.34. The summed E-state index contributed by atoms with van der Waals surface area (Å²) in [4.78, 5) is 13.5. The first-order valence-electron chi connectivity index (χ1n) is 5.49. The van der Waals surface area contributed by atoms with Gasteiger partial charge in [0.25, 0.3) is 5.91 Å². The van der Waals surface area contributed by atoms with E-state index in [-0.39, 0.29) is 5.91 Å². The van der Waals surface area contributed by atoms with Crippen LogP contribution in [0.3, 0.4) is 0 Å². The van der Waals surface area contributed by atoms with Crippen molar-refractivity contribution in [3.8, 4) is 0 Å². The molecule has 0 spiro atoms. The molecule has 0 unspecified atom stereocenters. The van der Waals surface area contributed by atoms with E-state index in [1.165, 1.54) is 11.5 Å². The topological polar surface area (TPSA) is 58.1 Å². The van der Waals surface area contributed by atoms with Gasteiger partial charge >= 0.3 is 0 Å². The predicted molar refractivity (Wildman–Crippen MR) is 71.7 cm³/mol. The van der Waals surface area contributed by atoms with Gasteiger partial charge in [-0.15, -0.1) is 5.10 Å². The highest BCUT2D eigenvalue weighted by Gasteiger charge is 2.12. The number of carbonyl (C=O) groups excluding carboxylic acids is 1. The molecule has 0 saturated heterocycles. The Labute approximate surface area is 110 Å². The van der Waals surface area contributed by atoms with Crippen molar-refractivity contribution < 1.29 is 4.79 Å². The van der Waals surface area contributed by atoms with Crippen LogP contribution < -0.4 is 5.32 Å². The van der Waals surface area contributed by atoms with Crippen LogP contribution in [0.15, 0.2) is 29.6 Å². The summed E-state index contributed by atoms with van der Waals surface area (Å²) < 4.78 is 3.80. The minimum Gasteiger partial charge on any atom is -0.379 e. The van der Waals surface area contributed by atoms with Crippen molar-refractivity contribution >= 4 is 23.1 Å². The number of aromatic nitrogens is 2. The molecule has 0 atom stereocenters. The van der Waals surface area contributed by atoms with E-state index in [1.54, 1.807) is 19.0 Å². The number of nitrogens with one attached hydrogen (secondary N) is 1. The fourth-order valence-electron chi connectivity index (χ4n) is 1.51. The summed E-state index contributed by atoms with van der Waals surface area (Å²) in [5, 5.41) is 9.04. The lowest BCUT2D eigenvalue weighted by atomic mass is 10.1. The van der Waals surface area contributed by atoms with Crippen LogP contribution in [0.4, 0.5) is 5.69 Å². The lowest BCUT2D eigenvalue weighted by Crippen LogP contribution is -2.22. The molecule has 5 nitrogen and oxygen atoms in total. The molecule has 1 aromatic heterocycles. The molecule has 2 aromatic rings. The van der Waals surface area contributed by atoms with E-state index in [2.05, 4.69) is 14.9 Å². The Hall–Kier alpha value is -1.95. The van der Waals surface area contributed by atoms with E-state index in [9.17, 15) is 4.79 Å². The molecule has 0 aliphatic heterocycles. The molecule has 0 fully saturated rings. The minimum atomic E-state index is -0.0190. The quantitative estimate of drug-likeness (QED) is 0.913. The number of benzene rings is 1. The largest absolute Gasteiger partial charge is 0.379 e. The maximum absolute atomic E-state index is 12.0. The number of hydrogen-bond donors (Lipinski definition) is 1. The number of para-hydroxylation sites is 1. The van der Waals surface area contributed by atoms with E-state index in [4.69, 9.17) is 0 Å². The van der Waals surface area contributed by atoms with Crippen LogP contribution in [-0.4, -0.2) is 34.5 Å². The molecule has 0 aliphatic rings. The second-order valence-corrected chi connectivity index (χ2v) is 4.60. The number of amides is 1. The molecule has 1 amide bonds. The summed E-state index contributed by atoms with van der Waals surface area (Å²) in [6.07, 6.45) is 0. The van der Waals surface area contributed by atoms with Crippen molar-refractivity contribution in [1.82, 2.24) is 14.5 Å². The van der Waals surface area contributed by atoms with E-state index >= 15 is 0 Å². The molecule has 1 heterocycles. The Kier molecular flexibility index (Phi) is 3.88. The van der Waals surface area contributed by atoms with E-state index < -0.39 is 0 Å². The third kappa shape index (κ3) is 2.84. The summed E-state index contributed by atoms with van der Waals surface area (Å²) in [6, 6.07) is 7.45. The standard InChI is InChI=1S/C12H14N4OS/c1-16(2)12(17)10-5-3-4-6-11(10)13-7-9-8-18-15-14-9/h3-6,8,13H,7H2,1-2H3. The highest BCUT2D eigenvalue weighted by molar-refractivity contribution is 7.03. The van der Waals surface area contributed by atoms with Crippen LogP contribution in [0, 0.1) is 0 Å². The van der Waals surface area contributed by atoms with Crippen molar-refractivity contribution in [2.45, 2.75) is 6.54 Å². The van der Waals surface area contributed by atoms with Gasteiger partial charge in [-0.2, -0.15) is 0 Å². The Bertz CT molecular complexity index is 525. The SMILES string of the molecule is CN(C)C(=O)c1ccccc1NCc1csnn1. The van der Waals surface area contributed by atoms with Gasteiger partial charge in [0.05, 0.1) is 17.8 Å². The fourth-order valence-corrected chi connectivity index (χ4v) is 1.96. The maximum Gasteiger partial charge on any atom is 0.255 e. The Balaban J connectivity index is 2.15. The smallest absolute Gasteiger partial charge is 0.255 e. The first-order chi connectivity index (χ1) is 8.68. The normalized spacial score (nSPS) is 10.1. The molecule has 0 radical (unpaired) electrons. The molecule has 0 saturated carbocycles. The molecule has 1 N–H and O–H groups in total. The summed E-state index contributed by atoms with van der Waals surface area (Å²) in [7, 11) is 3.48. The lowest BCUT2D eigenvalue weighted by molar-refractivity contribution is 0.0828. The molecular formula is C12H14N4OS. The Morgan fingerprint density at radius 1 is 1.39 bits per heavy atom. The number of rotatable bonds is 4. The van der Waals surface area contributed by atoms with Crippen LogP contribution in [0.1, 0.15) is 16.1 Å². The molecule has 6 heteroatoms. The molecule has 0 bridgehead atoms. The van der Waals surface area contributed by atoms with Crippen molar-refractivity contribution in [2.24, 2.45) is 0 Å². The second-order valence-electron chi connectivity index (χ2n) is 3.99. The lowest BCUT2D eigenvalue weighted by Gasteiger charge is -2.14. The predicted octanol–water partition coefficient (Wildman–Crippen LogP) is 1.85. The van der Waals surface area contributed by atoms with Gasteiger partial charge in [0, 0.05) is 25.2 Å². The zero-order valence-electron chi connectivity index (χ0n) is 10.3. The van der Waals surface area contributed by atoms with Gasteiger partial charge in [-0.1, -0.05) is 16.6 Å². The van der Waals surface area contributed by atoms with Gasteiger partial charge in [-0.05, 0) is 23.7 Å². The number of carbonyl (C=O) groups is 1. The molecule has 94 valence electrons. The van der Waals surface area contributed by atoms with Crippen LogP contribution in [0.2, 0.25) is 0 Å². The van der Waals surface area contributed by atoms with E-state index in [0.717, 1.165) is 11.4 Å². The Morgan fingerprint density at radius 2 is 2.17 bits per heavy atom. The first kappa shape index (κ1) is 12.5. The molecule has 2 rings (SSSR count). The molecule has 0 aliphatic carbocycles. The maximum atomic E-state index is 12.0. The van der Waals surface area contributed by atoms with E-state index in [1.807, 2.05) is 29.6 Å². The molecule has 1 aromatic carbocycles. The molecular weight excluding hydrogens is 248 g/mol. The summed E-state index contributed by atoms with van der Waals surface area (Å²) >= 11 is 1.31. The van der Waals surface area contributed by atoms with Crippen LogP contribution in [0.25, 0.3) is 0 Å². The van der Waals surface area contributed by atoms with Crippen molar-refractivity contribution in [3.05, 3.63) is 40.9 Å². The zero-order valence-corrected chi connectivity index (χ0v) is 11.1. The third-order valence-corrected chi connectivity index (χ3v) is 2.98. The van der Waals surface area contributed by atoms with Gasteiger partial charge in [-0.3, -0.25) is 4.79 Å². The highest BCUT2D eigenvalue weighted by Crippen LogP contribution is 2.17. The monoisotopic (exact) mass is 262 g/mol. The summed E-state index contributed by atoms with van der Waals surface area (Å²) in [5.74, 6) is -0.0190. The number of hydrogen-bond acceptors (Lipinski definition) is 5. The van der Waals surface area contributed by atoms with Gasteiger partial charge in [0.15, 0.2) is 0 Å². The Morgan fingerprint density at radius 3 is 2.83 bits per heavy atom. The molecule has 18 heavy (non-hydrogen) atoms. The van der Waals surface area contributed by atoms with Crippen LogP contribution in [0.5, 0.6) is 0 Å². The van der Waals surface area contributed by atoms with Crippen molar-refractivity contribution in [3.63, 3.8) is 0 Å². The number of anilines is 1. The van der Waals surface area contributed by atoms with Crippen molar-refractivity contribution in [1.29, 1.82) is 0 Å². The van der Waals surface area contributed by atoms with Gasteiger partial charge in [0.1, 0.15) is 0 Å². The average Bonchev–Trinajstić information content (AvgIpc) is 2.89. The van der Waals surface area contributed by atoms with Gasteiger partial charge in [0.2, 0.25) is 0 Å².